The lowest BCUT2D eigenvalue weighted by Crippen LogP contribution is -2.57. The molecule has 2 aliphatic heterocycles. The van der Waals surface area contributed by atoms with Gasteiger partial charge in [-0.15, -0.1) is 0 Å². The Kier molecular flexibility index (Phi) is 14.1. The first-order valence-corrected chi connectivity index (χ1v) is 17.1. The SMILES string of the molecule is CC(C)C[C@H]1NC(=O)Cc2cccc(c2)OCC(=O)NCCCN(Cc2ccc3c(c2)CCO3)CCCCNC(=O)[C@H]([C@@H](C)O)NC1=O. The number of carbonyl (C=O) groups excluding carboxylic acids is 4. The summed E-state index contributed by atoms with van der Waals surface area (Å²) in [7, 11) is 0. The maximum atomic E-state index is 13.3. The molecule has 4 amide bonds. The Balaban J connectivity index is 1.46. The van der Waals surface area contributed by atoms with Gasteiger partial charge in [-0.05, 0) is 80.0 Å². The minimum atomic E-state index is -1.17. The zero-order chi connectivity index (χ0) is 34.5. The van der Waals surface area contributed by atoms with Crippen LogP contribution in [0.5, 0.6) is 11.5 Å². The third-order valence-electron chi connectivity index (χ3n) is 8.39. The molecular formula is C36H51N5O7. The van der Waals surface area contributed by atoms with Gasteiger partial charge in [0.2, 0.25) is 17.7 Å². The van der Waals surface area contributed by atoms with E-state index in [2.05, 4.69) is 38.3 Å². The number of nitrogens with one attached hydrogen (secondary N) is 4. The van der Waals surface area contributed by atoms with Crippen LogP contribution >= 0.6 is 0 Å². The summed E-state index contributed by atoms with van der Waals surface area (Å²) >= 11 is 0. The van der Waals surface area contributed by atoms with Crippen LogP contribution in [-0.2, 0) is 38.6 Å². The lowest BCUT2D eigenvalue weighted by atomic mass is 10.0. The molecule has 2 heterocycles. The number of hydrogen-bond acceptors (Lipinski definition) is 8. The minimum absolute atomic E-state index is 0.0126. The van der Waals surface area contributed by atoms with Crippen LogP contribution in [0.2, 0.25) is 0 Å². The maximum Gasteiger partial charge on any atom is 0.257 e. The molecule has 0 fully saturated rings. The van der Waals surface area contributed by atoms with Crippen molar-refractivity contribution >= 4 is 23.6 Å². The largest absolute Gasteiger partial charge is 0.493 e. The predicted octanol–water partition coefficient (Wildman–Crippen LogP) is 1.86. The summed E-state index contributed by atoms with van der Waals surface area (Å²) in [5.74, 6) is -0.147. The summed E-state index contributed by atoms with van der Waals surface area (Å²) in [4.78, 5) is 54.3. The van der Waals surface area contributed by atoms with Crippen LogP contribution in [0.1, 0.15) is 63.1 Å². The van der Waals surface area contributed by atoms with Crippen LogP contribution in [-0.4, -0.2) is 91.2 Å². The second-order valence-electron chi connectivity index (χ2n) is 13.1. The van der Waals surface area contributed by atoms with Crippen molar-refractivity contribution in [3.63, 3.8) is 0 Å². The van der Waals surface area contributed by atoms with Crippen molar-refractivity contribution in [1.29, 1.82) is 0 Å². The number of hydrogen-bond donors (Lipinski definition) is 5. The topological polar surface area (TPSA) is 158 Å². The van der Waals surface area contributed by atoms with E-state index >= 15 is 0 Å². The molecule has 48 heavy (non-hydrogen) atoms. The van der Waals surface area contributed by atoms with Crippen molar-refractivity contribution in [3.8, 4) is 11.5 Å². The number of nitrogens with zero attached hydrogens (tertiary/aromatic N) is 1. The number of carbonyl (C=O) groups is 4. The fourth-order valence-corrected chi connectivity index (χ4v) is 5.92. The minimum Gasteiger partial charge on any atom is -0.493 e. The molecule has 262 valence electrons. The van der Waals surface area contributed by atoms with Gasteiger partial charge in [-0.3, -0.25) is 24.1 Å². The summed E-state index contributed by atoms with van der Waals surface area (Å²) in [5.41, 5.74) is 3.07. The molecule has 5 N–H and O–H groups in total. The van der Waals surface area contributed by atoms with E-state index in [1.54, 1.807) is 24.3 Å². The molecule has 3 atom stereocenters. The Bertz CT molecular complexity index is 1400. The van der Waals surface area contributed by atoms with Gasteiger partial charge in [0.25, 0.3) is 5.91 Å². The molecule has 2 aromatic rings. The van der Waals surface area contributed by atoms with Gasteiger partial charge in [-0.2, -0.15) is 0 Å². The van der Waals surface area contributed by atoms with Crippen LogP contribution in [0.15, 0.2) is 42.5 Å². The molecule has 12 heteroatoms. The number of rotatable bonds is 5. The van der Waals surface area contributed by atoms with E-state index in [1.807, 2.05) is 19.9 Å². The molecule has 2 aliphatic rings. The first kappa shape index (κ1) is 36.7. The van der Waals surface area contributed by atoms with E-state index in [0.717, 1.165) is 44.6 Å². The molecule has 0 unspecified atom stereocenters. The van der Waals surface area contributed by atoms with Crippen LogP contribution < -0.4 is 30.7 Å². The van der Waals surface area contributed by atoms with E-state index in [9.17, 15) is 24.3 Å². The fraction of sp³-hybridized carbons (Fsp3) is 0.556. The lowest BCUT2D eigenvalue weighted by Gasteiger charge is -2.26. The van der Waals surface area contributed by atoms with Crippen LogP contribution in [0.3, 0.4) is 0 Å². The first-order chi connectivity index (χ1) is 23.1. The van der Waals surface area contributed by atoms with Crippen molar-refractivity contribution in [1.82, 2.24) is 26.2 Å². The van der Waals surface area contributed by atoms with Gasteiger partial charge in [0.05, 0.1) is 19.1 Å². The second kappa shape index (κ2) is 18.4. The Morgan fingerprint density at radius 3 is 2.46 bits per heavy atom. The molecule has 2 aromatic carbocycles. The first-order valence-electron chi connectivity index (χ1n) is 17.1. The number of amides is 4. The molecule has 0 aromatic heterocycles. The number of aliphatic hydroxyl groups excluding tert-OH is 1. The normalized spacial score (nSPS) is 21.8. The van der Waals surface area contributed by atoms with E-state index in [0.29, 0.717) is 43.9 Å². The molecule has 0 saturated heterocycles. The quantitative estimate of drug-likeness (QED) is 0.324. The summed E-state index contributed by atoms with van der Waals surface area (Å²) in [5, 5.41) is 21.7. The Labute approximate surface area is 283 Å². The highest BCUT2D eigenvalue weighted by molar-refractivity contribution is 5.92. The Hall–Kier alpha value is -4.16. The van der Waals surface area contributed by atoms with Gasteiger partial charge >= 0.3 is 0 Å². The average molecular weight is 666 g/mol. The van der Waals surface area contributed by atoms with E-state index in [1.165, 1.54) is 18.1 Å². The standard InChI is InChI=1S/C36H51N5O7/c1-24(2)18-30-35(45)40-34(25(3)42)36(46)38-13-4-5-15-41(22-27-10-11-31-28(19-27)12-17-47-31)16-7-14-37-33(44)23-48-29-9-6-8-26(20-29)21-32(43)39-30/h6,8-11,19-20,24-25,30,34,42H,4-5,7,12-18,21-23H2,1-3H3,(H,37,44)(H,38,46)(H,39,43)(H,40,45)/t25-,30-,34+/m1/s1. The third-order valence-corrected chi connectivity index (χ3v) is 8.39. The molecule has 0 spiro atoms. The number of fused-ring (bicyclic) bond motifs is 3. The van der Waals surface area contributed by atoms with Gasteiger partial charge in [0.15, 0.2) is 6.61 Å². The fourth-order valence-electron chi connectivity index (χ4n) is 5.92. The van der Waals surface area contributed by atoms with Crippen molar-refractivity contribution in [3.05, 3.63) is 59.2 Å². The molecule has 4 rings (SSSR count). The van der Waals surface area contributed by atoms with Crippen molar-refractivity contribution in [2.45, 2.75) is 84.0 Å². The van der Waals surface area contributed by atoms with Crippen LogP contribution in [0, 0.1) is 5.92 Å². The van der Waals surface area contributed by atoms with Gasteiger partial charge in [0, 0.05) is 32.6 Å². The monoisotopic (exact) mass is 665 g/mol. The van der Waals surface area contributed by atoms with Gasteiger partial charge in [-0.25, -0.2) is 0 Å². The van der Waals surface area contributed by atoms with Gasteiger partial charge in [0.1, 0.15) is 23.6 Å². The van der Waals surface area contributed by atoms with Gasteiger partial charge < -0.3 is 35.8 Å². The smallest absolute Gasteiger partial charge is 0.257 e. The van der Waals surface area contributed by atoms with Crippen LogP contribution in [0.25, 0.3) is 0 Å². The average Bonchev–Trinajstić information content (AvgIpc) is 3.51. The summed E-state index contributed by atoms with van der Waals surface area (Å²) in [6.07, 6.45) is 2.35. The van der Waals surface area contributed by atoms with Crippen molar-refractivity contribution < 1.29 is 33.8 Å². The Morgan fingerprint density at radius 1 is 0.875 bits per heavy atom. The zero-order valence-corrected chi connectivity index (χ0v) is 28.4. The molecule has 12 nitrogen and oxygen atoms in total. The van der Waals surface area contributed by atoms with E-state index in [-0.39, 0.29) is 30.8 Å². The highest BCUT2D eigenvalue weighted by atomic mass is 16.5. The highest BCUT2D eigenvalue weighted by Crippen LogP contribution is 2.26. The predicted molar refractivity (Wildman–Crippen MR) is 181 cm³/mol. The molecule has 2 bridgehead atoms. The third kappa shape index (κ3) is 11.8. The lowest BCUT2D eigenvalue weighted by molar-refractivity contribution is -0.134. The highest BCUT2D eigenvalue weighted by Gasteiger charge is 2.30. The van der Waals surface area contributed by atoms with Gasteiger partial charge in [-0.1, -0.05) is 38.1 Å². The molecule has 0 aliphatic carbocycles. The number of aliphatic hydroxyl groups is 1. The maximum absolute atomic E-state index is 13.3. The van der Waals surface area contributed by atoms with E-state index < -0.39 is 30.0 Å². The number of ether oxygens (including phenoxy) is 2. The summed E-state index contributed by atoms with van der Waals surface area (Å²) in [6, 6.07) is 11.2. The molecule has 0 radical (unpaired) electrons. The second-order valence-corrected chi connectivity index (χ2v) is 13.1. The summed E-state index contributed by atoms with van der Waals surface area (Å²) < 4.78 is 11.4. The van der Waals surface area contributed by atoms with Crippen molar-refractivity contribution in [2.75, 3.05) is 39.4 Å². The van der Waals surface area contributed by atoms with Crippen LogP contribution in [0.4, 0.5) is 0 Å². The van der Waals surface area contributed by atoms with Crippen molar-refractivity contribution in [2.24, 2.45) is 5.92 Å². The van der Waals surface area contributed by atoms with E-state index in [4.69, 9.17) is 9.47 Å². The summed E-state index contributed by atoms with van der Waals surface area (Å²) in [6.45, 7) is 9.05. The Morgan fingerprint density at radius 2 is 1.67 bits per heavy atom. The molecule has 0 saturated carbocycles. The zero-order valence-electron chi connectivity index (χ0n) is 28.4. The molecular weight excluding hydrogens is 614 g/mol. The number of benzene rings is 2.